The van der Waals surface area contributed by atoms with Crippen LogP contribution in [0.4, 0.5) is 0 Å². The maximum absolute atomic E-state index is 4.14. The minimum atomic E-state index is 0.192. The van der Waals surface area contributed by atoms with E-state index in [9.17, 15) is 0 Å². The number of nitrogens with zero attached hydrogens (tertiary/aromatic N) is 1. The van der Waals surface area contributed by atoms with Gasteiger partial charge in [0.05, 0.1) is 0 Å². The van der Waals surface area contributed by atoms with E-state index in [-0.39, 0.29) is 5.54 Å². The third-order valence-electron chi connectivity index (χ3n) is 2.99. The predicted molar refractivity (Wildman–Crippen MR) is 61.4 cm³/mol. The van der Waals surface area contributed by atoms with Gasteiger partial charge in [0.2, 0.25) is 0 Å². The molecule has 0 unspecified atom stereocenters. The lowest BCUT2D eigenvalue weighted by Gasteiger charge is -2.20. The van der Waals surface area contributed by atoms with Crippen molar-refractivity contribution in [2.45, 2.75) is 45.6 Å². The molecule has 1 heteroatoms. The van der Waals surface area contributed by atoms with Gasteiger partial charge in [0, 0.05) is 17.9 Å². The molecule has 0 amide bonds. The standard InChI is InChI=1S/C13H19N/c1-10-6-5-7-11-8-14(9-12(10)11)13(2,3)4/h8-9H,1,5-7H2,2-4H3. The predicted octanol–water partition coefficient (Wildman–Crippen LogP) is 3.59. The monoisotopic (exact) mass is 189 g/mol. The molecule has 1 aromatic heterocycles. The van der Waals surface area contributed by atoms with Crippen molar-refractivity contribution < 1.29 is 0 Å². The second-order valence-electron chi connectivity index (χ2n) is 5.23. The Morgan fingerprint density at radius 2 is 1.93 bits per heavy atom. The Morgan fingerprint density at radius 3 is 2.50 bits per heavy atom. The number of allylic oxidation sites excluding steroid dienone is 1. The fraction of sp³-hybridized carbons (Fsp3) is 0.538. The zero-order valence-electron chi connectivity index (χ0n) is 9.43. The molecule has 1 aromatic rings. The van der Waals surface area contributed by atoms with E-state index in [1.54, 1.807) is 0 Å². The Kier molecular flexibility index (Phi) is 2.06. The number of hydrogen-bond donors (Lipinski definition) is 0. The number of fused-ring (bicyclic) bond motifs is 1. The largest absolute Gasteiger partial charge is 0.348 e. The number of aromatic nitrogens is 1. The summed E-state index contributed by atoms with van der Waals surface area (Å²) in [5.41, 5.74) is 4.38. The summed E-state index contributed by atoms with van der Waals surface area (Å²) in [5, 5.41) is 0. The van der Waals surface area contributed by atoms with Gasteiger partial charge in [-0.1, -0.05) is 6.58 Å². The lowest BCUT2D eigenvalue weighted by Crippen LogP contribution is -2.19. The van der Waals surface area contributed by atoms with Crippen molar-refractivity contribution in [3.8, 4) is 0 Å². The first kappa shape index (κ1) is 9.57. The molecule has 1 aliphatic rings. The average Bonchev–Trinajstić information content (AvgIpc) is 2.48. The minimum Gasteiger partial charge on any atom is -0.348 e. The summed E-state index contributed by atoms with van der Waals surface area (Å²) in [6.07, 6.45) is 8.20. The van der Waals surface area contributed by atoms with E-state index in [0.717, 1.165) is 0 Å². The molecule has 14 heavy (non-hydrogen) atoms. The summed E-state index contributed by atoms with van der Waals surface area (Å²) in [7, 11) is 0. The van der Waals surface area contributed by atoms with E-state index >= 15 is 0 Å². The molecule has 0 atom stereocenters. The maximum atomic E-state index is 4.14. The molecule has 76 valence electrons. The molecule has 0 aliphatic heterocycles. The molecule has 0 bridgehead atoms. The van der Waals surface area contributed by atoms with Crippen LogP contribution in [0.2, 0.25) is 0 Å². The van der Waals surface area contributed by atoms with Crippen molar-refractivity contribution in [3.05, 3.63) is 30.1 Å². The molecule has 0 radical (unpaired) electrons. The molecule has 0 saturated heterocycles. The molecule has 0 saturated carbocycles. The van der Waals surface area contributed by atoms with E-state index in [1.165, 1.54) is 36.0 Å². The van der Waals surface area contributed by atoms with Gasteiger partial charge in [-0.15, -0.1) is 0 Å². The van der Waals surface area contributed by atoms with Gasteiger partial charge in [0.1, 0.15) is 0 Å². The van der Waals surface area contributed by atoms with Crippen LogP contribution in [0.3, 0.4) is 0 Å². The van der Waals surface area contributed by atoms with Gasteiger partial charge in [-0.3, -0.25) is 0 Å². The minimum absolute atomic E-state index is 0.192. The van der Waals surface area contributed by atoms with Gasteiger partial charge in [-0.05, 0) is 56.7 Å². The second kappa shape index (κ2) is 3.01. The summed E-state index contributed by atoms with van der Waals surface area (Å²) in [6, 6.07) is 0. The smallest absolute Gasteiger partial charge is 0.0356 e. The molecule has 0 N–H and O–H groups in total. The maximum Gasteiger partial charge on any atom is 0.0356 e. The van der Waals surface area contributed by atoms with E-state index < -0.39 is 0 Å². The van der Waals surface area contributed by atoms with E-state index in [0.29, 0.717) is 0 Å². The van der Waals surface area contributed by atoms with Crippen molar-refractivity contribution in [2.24, 2.45) is 0 Å². The molecule has 1 aliphatic carbocycles. The first-order valence-electron chi connectivity index (χ1n) is 5.38. The quantitative estimate of drug-likeness (QED) is 0.587. The molecule has 1 nitrogen and oxygen atoms in total. The van der Waals surface area contributed by atoms with Crippen LogP contribution in [0.1, 0.15) is 44.7 Å². The van der Waals surface area contributed by atoms with Gasteiger partial charge >= 0.3 is 0 Å². The summed E-state index contributed by atoms with van der Waals surface area (Å²) < 4.78 is 2.31. The number of rotatable bonds is 0. The van der Waals surface area contributed by atoms with Gasteiger partial charge in [0.25, 0.3) is 0 Å². The van der Waals surface area contributed by atoms with Crippen molar-refractivity contribution in [2.75, 3.05) is 0 Å². The zero-order valence-corrected chi connectivity index (χ0v) is 9.43. The van der Waals surface area contributed by atoms with Crippen molar-refractivity contribution in [3.63, 3.8) is 0 Å². The van der Waals surface area contributed by atoms with Crippen LogP contribution < -0.4 is 0 Å². The van der Waals surface area contributed by atoms with Gasteiger partial charge < -0.3 is 4.57 Å². The van der Waals surface area contributed by atoms with E-state index in [2.05, 4.69) is 44.3 Å². The third kappa shape index (κ3) is 1.52. The first-order chi connectivity index (χ1) is 6.48. The van der Waals surface area contributed by atoms with Crippen LogP contribution in [0.5, 0.6) is 0 Å². The second-order valence-corrected chi connectivity index (χ2v) is 5.23. The van der Waals surface area contributed by atoms with Crippen molar-refractivity contribution >= 4 is 5.57 Å². The Morgan fingerprint density at radius 1 is 1.21 bits per heavy atom. The van der Waals surface area contributed by atoms with Crippen molar-refractivity contribution in [1.82, 2.24) is 4.57 Å². The first-order valence-corrected chi connectivity index (χ1v) is 5.38. The highest BCUT2D eigenvalue weighted by atomic mass is 15.0. The highest BCUT2D eigenvalue weighted by Gasteiger charge is 2.19. The van der Waals surface area contributed by atoms with Gasteiger partial charge in [-0.25, -0.2) is 0 Å². The fourth-order valence-corrected chi connectivity index (χ4v) is 2.03. The highest BCUT2D eigenvalue weighted by molar-refractivity contribution is 5.67. The van der Waals surface area contributed by atoms with Crippen LogP contribution in [-0.4, -0.2) is 4.57 Å². The lowest BCUT2D eigenvalue weighted by molar-refractivity contribution is 0.398. The SMILES string of the molecule is C=C1CCCc2cn(C(C)(C)C)cc21. The summed E-state index contributed by atoms with van der Waals surface area (Å²) >= 11 is 0. The number of aryl methyl sites for hydroxylation is 1. The lowest BCUT2D eigenvalue weighted by atomic mass is 9.92. The summed E-state index contributed by atoms with van der Waals surface area (Å²) in [6.45, 7) is 10.8. The van der Waals surface area contributed by atoms with Crippen LogP contribution in [0.25, 0.3) is 5.57 Å². The normalized spacial score (nSPS) is 16.9. The molecule has 0 spiro atoms. The fourth-order valence-electron chi connectivity index (χ4n) is 2.03. The molecule has 2 rings (SSSR count). The average molecular weight is 189 g/mol. The molecule has 1 heterocycles. The van der Waals surface area contributed by atoms with Crippen LogP contribution >= 0.6 is 0 Å². The zero-order chi connectivity index (χ0) is 10.3. The molecule has 0 fully saturated rings. The molecule has 0 aromatic carbocycles. The van der Waals surface area contributed by atoms with Crippen LogP contribution in [0.15, 0.2) is 19.0 Å². The molecular formula is C13H19N. The van der Waals surface area contributed by atoms with Crippen LogP contribution in [0, 0.1) is 0 Å². The van der Waals surface area contributed by atoms with Crippen LogP contribution in [-0.2, 0) is 12.0 Å². The topological polar surface area (TPSA) is 4.93 Å². The Balaban J connectivity index is 2.45. The van der Waals surface area contributed by atoms with Gasteiger partial charge in [0.15, 0.2) is 0 Å². The Hall–Kier alpha value is -0.980. The summed E-state index contributed by atoms with van der Waals surface area (Å²) in [4.78, 5) is 0. The molecular weight excluding hydrogens is 170 g/mol. The Labute approximate surface area is 86.4 Å². The highest BCUT2D eigenvalue weighted by Crippen LogP contribution is 2.31. The Bertz CT molecular complexity index is 363. The van der Waals surface area contributed by atoms with E-state index in [4.69, 9.17) is 0 Å². The number of hydrogen-bond acceptors (Lipinski definition) is 0. The van der Waals surface area contributed by atoms with Gasteiger partial charge in [-0.2, -0.15) is 0 Å². The van der Waals surface area contributed by atoms with E-state index in [1.807, 2.05) is 0 Å². The summed E-state index contributed by atoms with van der Waals surface area (Å²) in [5.74, 6) is 0. The third-order valence-corrected chi connectivity index (χ3v) is 2.99. The van der Waals surface area contributed by atoms with Crippen molar-refractivity contribution in [1.29, 1.82) is 0 Å².